The van der Waals surface area contributed by atoms with Gasteiger partial charge in [0, 0.05) is 39.3 Å². The Morgan fingerprint density at radius 3 is 2.69 bits per heavy atom. The molecule has 26 heavy (non-hydrogen) atoms. The van der Waals surface area contributed by atoms with Gasteiger partial charge in [0.2, 0.25) is 5.91 Å². The average molecular weight is 383 g/mol. The molecule has 0 aromatic carbocycles. The van der Waals surface area contributed by atoms with Gasteiger partial charge in [-0.25, -0.2) is 8.42 Å². The van der Waals surface area contributed by atoms with Crippen molar-refractivity contribution in [3.63, 3.8) is 0 Å². The number of hydrogen-bond acceptors (Lipinski definition) is 6. The molecular weight excluding hydrogens is 358 g/mol. The highest BCUT2D eigenvalue weighted by Gasteiger charge is 2.30. The first-order valence-corrected chi connectivity index (χ1v) is 10.8. The number of nitrogens with zero attached hydrogens (tertiary/aromatic N) is 2. The van der Waals surface area contributed by atoms with Gasteiger partial charge in [-0.2, -0.15) is 0 Å². The molecular formula is C17H25N3O5S. The lowest BCUT2D eigenvalue weighted by atomic mass is 9.97. The molecule has 2 saturated heterocycles. The fourth-order valence-electron chi connectivity index (χ4n) is 3.39. The summed E-state index contributed by atoms with van der Waals surface area (Å²) < 4.78 is 28.0. The second-order valence-electron chi connectivity index (χ2n) is 6.85. The van der Waals surface area contributed by atoms with Crippen LogP contribution in [0.4, 0.5) is 0 Å². The quantitative estimate of drug-likeness (QED) is 0.767. The molecule has 2 aliphatic rings. The molecule has 0 radical (unpaired) electrons. The molecule has 1 aromatic heterocycles. The van der Waals surface area contributed by atoms with E-state index in [1.807, 2.05) is 0 Å². The maximum atomic E-state index is 12.4. The first-order chi connectivity index (χ1) is 12.4. The van der Waals surface area contributed by atoms with Gasteiger partial charge in [0.1, 0.15) is 0 Å². The normalized spacial score (nSPS) is 23.5. The first-order valence-electron chi connectivity index (χ1n) is 8.98. The summed E-state index contributed by atoms with van der Waals surface area (Å²) in [6.07, 6.45) is 3.01. The summed E-state index contributed by atoms with van der Waals surface area (Å²) in [7, 11) is -2.88. The molecule has 2 amide bonds. The van der Waals surface area contributed by atoms with Gasteiger partial charge in [-0.05, 0) is 25.0 Å². The van der Waals surface area contributed by atoms with Crippen LogP contribution in [0.1, 0.15) is 23.4 Å². The minimum atomic E-state index is -2.88. The van der Waals surface area contributed by atoms with Crippen LogP contribution in [-0.2, 0) is 14.6 Å². The number of amides is 2. The molecule has 0 bridgehead atoms. The van der Waals surface area contributed by atoms with E-state index in [-0.39, 0.29) is 29.2 Å². The van der Waals surface area contributed by atoms with E-state index < -0.39 is 9.84 Å². The van der Waals surface area contributed by atoms with E-state index in [9.17, 15) is 18.0 Å². The van der Waals surface area contributed by atoms with Gasteiger partial charge in [0.15, 0.2) is 15.6 Å². The Balaban J connectivity index is 1.42. The predicted molar refractivity (Wildman–Crippen MR) is 95.4 cm³/mol. The Bertz CT molecular complexity index is 718. The molecule has 2 fully saturated rings. The number of carbonyl (C=O) groups is 2. The van der Waals surface area contributed by atoms with Gasteiger partial charge in [-0.15, -0.1) is 0 Å². The molecule has 8 nitrogen and oxygen atoms in total. The maximum Gasteiger partial charge on any atom is 0.289 e. The lowest BCUT2D eigenvalue weighted by molar-refractivity contribution is -0.126. The SMILES string of the molecule is O=C(NCCN1CCS(=O)(=O)CC1)[C@@H]1CCCN(C(=O)c2ccco2)C1. The third kappa shape index (κ3) is 4.85. The van der Waals surface area contributed by atoms with Gasteiger partial charge in [0.25, 0.3) is 5.91 Å². The topological polar surface area (TPSA) is 99.9 Å². The molecule has 1 atom stereocenters. The minimum absolute atomic E-state index is 0.0495. The standard InChI is InChI=1S/C17H25N3O5S/c21-16(18-5-7-19-8-11-26(23,24)12-9-19)14-3-1-6-20(13-14)17(22)15-4-2-10-25-15/h2,4,10,14H,1,3,5-9,11-13H2,(H,18,21)/t14-/m1/s1. The molecule has 0 unspecified atom stereocenters. The molecule has 3 heterocycles. The van der Waals surface area contributed by atoms with Gasteiger partial charge in [-0.1, -0.05) is 0 Å². The average Bonchev–Trinajstić information content (AvgIpc) is 3.17. The van der Waals surface area contributed by atoms with Crippen molar-refractivity contribution in [2.24, 2.45) is 5.92 Å². The second kappa shape index (κ2) is 8.22. The van der Waals surface area contributed by atoms with Crippen LogP contribution in [0, 0.1) is 5.92 Å². The minimum Gasteiger partial charge on any atom is -0.459 e. The number of carbonyl (C=O) groups excluding carboxylic acids is 2. The number of piperidine rings is 1. The smallest absolute Gasteiger partial charge is 0.289 e. The van der Waals surface area contributed by atoms with Crippen molar-refractivity contribution in [1.82, 2.24) is 15.1 Å². The van der Waals surface area contributed by atoms with E-state index in [4.69, 9.17) is 4.42 Å². The van der Waals surface area contributed by atoms with E-state index in [1.165, 1.54) is 6.26 Å². The van der Waals surface area contributed by atoms with Crippen molar-refractivity contribution >= 4 is 21.7 Å². The molecule has 0 saturated carbocycles. The molecule has 3 rings (SSSR count). The monoisotopic (exact) mass is 383 g/mol. The summed E-state index contributed by atoms with van der Waals surface area (Å²) in [6.45, 7) is 3.20. The van der Waals surface area contributed by atoms with Crippen LogP contribution in [0.15, 0.2) is 22.8 Å². The van der Waals surface area contributed by atoms with E-state index in [0.717, 1.165) is 12.8 Å². The number of furan rings is 1. The third-order valence-corrected chi connectivity index (χ3v) is 6.58. The zero-order valence-corrected chi connectivity index (χ0v) is 15.5. The van der Waals surface area contributed by atoms with Crippen molar-refractivity contribution in [2.45, 2.75) is 12.8 Å². The van der Waals surface area contributed by atoms with E-state index in [1.54, 1.807) is 17.0 Å². The van der Waals surface area contributed by atoms with Crippen molar-refractivity contribution in [3.05, 3.63) is 24.2 Å². The Kier molecular flexibility index (Phi) is 5.98. The molecule has 0 aliphatic carbocycles. The lowest BCUT2D eigenvalue weighted by Gasteiger charge is -2.32. The number of likely N-dealkylation sites (tertiary alicyclic amines) is 1. The van der Waals surface area contributed by atoms with Crippen LogP contribution in [0.3, 0.4) is 0 Å². The van der Waals surface area contributed by atoms with Crippen LogP contribution >= 0.6 is 0 Å². The van der Waals surface area contributed by atoms with Crippen LogP contribution in [-0.4, -0.2) is 80.8 Å². The second-order valence-corrected chi connectivity index (χ2v) is 9.16. The fraction of sp³-hybridized carbons (Fsp3) is 0.647. The van der Waals surface area contributed by atoms with Gasteiger partial charge >= 0.3 is 0 Å². The Hall–Kier alpha value is -1.87. The van der Waals surface area contributed by atoms with E-state index in [0.29, 0.717) is 45.0 Å². The zero-order valence-electron chi connectivity index (χ0n) is 14.7. The van der Waals surface area contributed by atoms with Crippen molar-refractivity contribution in [2.75, 3.05) is 50.8 Å². The highest BCUT2D eigenvalue weighted by molar-refractivity contribution is 7.91. The fourth-order valence-corrected chi connectivity index (χ4v) is 4.66. The number of rotatable bonds is 5. The summed E-state index contributed by atoms with van der Waals surface area (Å²) in [5, 5.41) is 2.92. The largest absolute Gasteiger partial charge is 0.459 e. The highest BCUT2D eigenvalue weighted by atomic mass is 32.2. The first kappa shape index (κ1) is 18.9. The summed E-state index contributed by atoms with van der Waals surface area (Å²) in [5.74, 6) is 0.227. The molecule has 144 valence electrons. The van der Waals surface area contributed by atoms with E-state index >= 15 is 0 Å². The Morgan fingerprint density at radius 1 is 1.23 bits per heavy atom. The third-order valence-electron chi connectivity index (χ3n) is 4.98. The van der Waals surface area contributed by atoms with E-state index in [2.05, 4.69) is 10.2 Å². The summed E-state index contributed by atoms with van der Waals surface area (Å²) in [5.41, 5.74) is 0. The van der Waals surface area contributed by atoms with Gasteiger partial charge in [0.05, 0.1) is 23.7 Å². The molecule has 9 heteroatoms. The van der Waals surface area contributed by atoms with Crippen LogP contribution in [0.5, 0.6) is 0 Å². The summed E-state index contributed by atoms with van der Waals surface area (Å²) in [6, 6.07) is 3.30. The lowest BCUT2D eigenvalue weighted by Crippen LogP contribution is -2.47. The number of nitrogens with one attached hydrogen (secondary N) is 1. The predicted octanol–water partition coefficient (Wildman–Crippen LogP) is -0.0216. The van der Waals surface area contributed by atoms with Crippen LogP contribution in [0.25, 0.3) is 0 Å². The number of hydrogen-bond donors (Lipinski definition) is 1. The maximum absolute atomic E-state index is 12.4. The van der Waals surface area contributed by atoms with Crippen molar-refractivity contribution in [3.8, 4) is 0 Å². The summed E-state index contributed by atoms with van der Waals surface area (Å²) in [4.78, 5) is 28.5. The summed E-state index contributed by atoms with van der Waals surface area (Å²) >= 11 is 0. The zero-order chi connectivity index (χ0) is 18.6. The Labute approximate surface area is 153 Å². The van der Waals surface area contributed by atoms with Gasteiger partial charge < -0.3 is 14.6 Å². The molecule has 0 spiro atoms. The van der Waals surface area contributed by atoms with Crippen LogP contribution < -0.4 is 5.32 Å². The van der Waals surface area contributed by atoms with Crippen LogP contribution in [0.2, 0.25) is 0 Å². The van der Waals surface area contributed by atoms with Crippen molar-refractivity contribution < 1.29 is 22.4 Å². The van der Waals surface area contributed by atoms with Gasteiger partial charge in [-0.3, -0.25) is 14.5 Å². The molecule has 1 N–H and O–H groups in total. The highest BCUT2D eigenvalue weighted by Crippen LogP contribution is 2.19. The molecule has 1 aromatic rings. The van der Waals surface area contributed by atoms with Crippen molar-refractivity contribution in [1.29, 1.82) is 0 Å². The Morgan fingerprint density at radius 2 is 2.00 bits per heavy atom. The molecule has 2 aliphatic heterocycles. The number of sulfone groups is 1.